The van der Waals surface area contributed by atoms with Gasteiger partial charge in [0.15, 0.2) is 6.61 Å². The first kappa shape index (κ1) is 19.6. The number of hydrogen-bond donors (Lipinski definition) is 1. The minimum atomic E-state index is -0.209. The second kappa shape index (κ2) is 7.99. The number of nitrogens with zero attached hydrogens (tertiary/aromatic N) is 3. The van der Waals surface area contributed by atoms with Crippen molar-refractivity contribution in [3.63, 3.8) is 0 Å². The molecular formula is C24H24N4O2. The molecule has 2 aromatic heterocycles. The lowest BCUT2D eigenvalue weighted by molar-refractivity contribution is -0.118. The highest BCUT2D eigenvalue weighted by Gasteiger charge is 2.13. The van der Waals surface area contributed by atoms with Crippen molar-refractivity contribution < 1.29 is 9.53 Å². The molecule has 152 valence electrons. The Balaban J connectivity index is 1.34. The molecule has 0 bridgehead atoms. The van der Waals surface area contributed by atoms with Gasteiger partial charge in [-0.2, -0.15) is 0 Å². The van der Waals surface area contributed by atoms with Gasteiger partial charge in [-0.3, -0.25) is 9.20 Å². The quantitative estimate of drug-likeness (QED) is 0.527. The van der Waals surface area contributed by atoms with E-state index in [9.17, 15) is 4.79 Å². The summed E-state index contributed by atoms with van der Waals surface area (Å²) in [7, 11) is 0. The number of carbonyl (C=O) groups is 1. The number of ether oxygens (including phenoxy) is 1. The molecule has 6 heteroatoms. The zero-order chi connectivity index (χ0) is 21.1. The number of hydrogen-bond acceptors (Lipinski definition) is 4. The van der Waals surface area contributed by atoms with E-state index in [1.807, 2.05) is 71.4 Å². The first-order chi connectivity index (χ1) is 14.4. The van der Waals surface area contributed by atoms with E-state index < -0.39 is 0 Å². The zero-order valence-corrected chi connectivity index (χ0v) is 17.3. The number of nitrogens with one attached hydrogen (secondary N) is 1. The normalized spacial score (nSPS) is 11.4. The third-order valence-corrected chi connectivity index (χ3v) is 4.79. The largest absolute Gasteiger partial charge is 0.484 e. The van der Waals surface area contributed by atoms with Crippen molar-refractivity contribution in [2.75, 3.05) is 11.9 Å². The minimum Gasteiger partial charge on any atom is -0.484 e. The van der Waals surface area contributed by atoms with E-state index >= 15 is 0 Å². The van der Waals surface area contributed by atoms with Gasteiger partial charge in [0.1, 0.15) is 5.75 Å². The fourth-order valence-electron chi connectivity index (χ4n) is 3.09. The molecule has 0 unspecified atom stereocenters. The van der Waals surface area contributed by atoms with Crippen molar-refractivity contribution in [1.29, 1.82) is 0 Å². The SMILES string of the molecule is CC(C)(C)c1ccc(OCC(=O)Nc2ccc(-c3cn4cccnc4n3)cc2)cc1. The van der Waals surface area contributed by atoms with Crippen LogP contribution in [0.2, 0.25) is 0 Å². The summed E-state index contributed by atoms with van der Waals surface area (Å²) in [5, 5.41) is 2.85. The van der Waals surface area contributed by atoms with E-state index in [4.69, 9.17) is 4.74 Å². The fraction of sp³-hybridized carbons (Fsp3) is 0.208. The van der Waals surface area contributed by atoms with Crippen molar-refractivity contribution >= 4 is 17.4 Å². The number of carbonyl (C=O) groups excluding carboxylic acids is 1. The van der Waals surface area contributed by atoms with E-state index in [-0.39, 0.29) is 17.9 Å². The first-order valence-electron chi connectivity index (χ1n) is 9.82. The average Bonchev–Trinajstić information content (AvgIpc) is 3.17. The van der Waals surface area contributed by atoms with Crippen molar-refractivity contribution in [1.82, 2.24) is 14.4 Å². The lowest BCUT2D eigenvalue weighted by atomic mass is 9.87. The van der Waals surface area contributed by atoms with Crippen LogP contribution in [0.3, 0.4) is 0 Å². The topological polar surface area (TPSA) is 68.5 Å². The second-order valence-electron chi connectivity index (χ2n) is 8.14. The Morgan fingerprint density at radius 2 is 1.80 bits per heavy atom. The molecule has 0 atom stereocenters. The minimum absolute atomic E-state index is 0.0469. The van der Waals surface area contributed by atoms with Gasteiger partial charge in [-0.05, 0) is 41.3 Å². The highest BCUT2D eigenvalue weighted by Crippen LogP contribution is 2.24. The Bertz CT molecular complexity index is 1120. The summed E-state index contributed by atoms with van der Waals surface area (Å²) >= 11 is 0. The maximum Gasteiger partial charge on any atom is 0.262 e. The van der Waals surface area contributed by atoms with Gasteiger partial charge in [-0.1, -0.05) is 45.0 Å². The number of imidazole rings is 1. The predicted molar refractivity (Wildman–Crippen MR) is 118 cm³/mol. The Morgan fingerprint density at radius 3 is 2.47 bits per heavy atom. The molecule has 0 aliphatic heterocycles. The fourth-order valence-corrected chi connectivity index (χ4v) is 3.09. The Kier molecular flexibility index (Phi) is 5.23. The van der Waals surface area contributed by atoms with E-state index in [2.05, 4.69) is 36.1 Å². The van der Waals surface area contributed by atoms with Crippen LogP contribution in [0.4, 0.5) is 5.69 Å². The van der Waals surface area contributed by atoms with Gasteiger partial charge in [0.25, 0.3) is 5.91 Å². The van der Waals surface area contributed by atoms with Crippen LogP contribution in [0.25, 0.3) is 17.0 Å². The highest BCUT2D eigenvalue weighted by molar-refractivity contribution is 5.92. The van der Waals surface area contributed by atoms with Crippen LogP contribution in [0.1, 0.15) is 26.3 Å². The molecule has 0 spiro atoms. The predicted octanol–water partition coefficient (Wildman–Crippen LogP) is 4.71. The van der Waals surface area contributed by atoms with Gasteiger partial charge in [-0.25, -0.2) is 9.97 Å². The molecule has 6 nitrogen and oxygen atoms in total. The molecule has 0 radical (unpaired) electrons. The maximum atomic E-state index is 12.2. The summed E-state index contributed by atoms with van der Waals surface area (Å²) in [6.45, 7) is 6.43. The average molecular weight is 400 g/mol. The lowest BCUT2D eigenvalue weighted by Gasteiger charge is -2.19. The van der Waals surface area contributed by atoms with Crippen LogP contribution in [0.5, 0.6) is 5.75 Å². The highest BCUT2D eigenvalue weighted by atomic mass is 16.5. The molecule has 0 aliphatic rings. The van der Waals surface area contributed by atoms with Crippen LogP contribution in [-0.4, -0.2) is 26.9 Å². The first-order valence-corrected chi connectivity index (χ1v) is 9.82. The van der Waals surface area contributed by atoms with Gasteiger partial charge in [-0.15, -0.1) is 0 Å². The number of benzene rings is 2. The van der Waals surface area contributed by atoms with Crippen LogP contribution >= 0.6 is 0 Å². The van der Waals surface area contributed by atoms with Crippen LogP contribution in [0, 0.1) is 0 Å². The van der Waals surface area contributed by atoms with E-state index in [1.54, 1.807) is 6.20 Å². The Hall–Kier alpha value is -3.67. The van der Waals surface area contributed by atoms with Gasteiger partial charge < -0.3 is 10.1 Å². The molecule has 2 aromatic carbocycles. The molecule has 0 saturated carbocycles. The van der Waals surface area contributed by atoms with Gasteiger partial charge >= 0.3 is 0 Å². The summed E-state index contributed by atoms with van der Waals surface area (Å²) in [6, 6.07) is 17.2. The number of fused-ring (bicyclic) bond motifs is 1. The molecule has 1 N–H and O–H groups in total. The van der Waals surface area contributed by atoms with Gasteiger partial charge in [0, 0.05) is 29.8 Å². The van der Waals surface area contributed by atoms with Crippen LogP contribution in [-0.2, 0) is 10.2 Å². The molecule has 30 heavy (non-hydrogen) atoms. The molecule has 0 fully saturated rings. The third kappa shape index (κ3) is 4.49. The second-order valence-corrected chi connectivity index (χ2v) is 8.14. The summed E-state index contributed by atoms with van der Waals surface area (Å²) < 4.78 is 7.47. The Labute approximate surface area is 175 Å². The Morgan fingerprint density at radius 1 is 1.07 bits per heavy atom. The summed E-state index contributed by atoms with van der Waals surface area (Å²) in [4.78, 5) is 21.0. The molecule has 1 amide bonds. The van der Waals surface area contributed by atoms with Gasteiger partial charge in [0.2, 0.25) is 5.78 Å². The number of aromatic nitrogens is 3. The molecule has 4 aromatic rings. The van der Waals surface area contributed by atoms with Gasteiger partial charge in [0.05, 0.1) is 5.69 Å². The monoisotopic (exact) mass is 400 g/mol. The molecule has 4 rings (SSSR count). The van der Waals surface area contributed by atoms with E-state index in [0.717, 1.165) is 11.3 Å². The molecule has 0 saturated heterocycles. The standard InChI is InChI=1S/C24H24N4O2/c1-24(2,3)18-7-11-20(12-8-18)30-16-22(29)26-19-9-5-17(6-10-19)21-15-28-14-4-13-25-23(28)27-21/h4-15H,16H2,1-3H3,(H,26,29). The van der Waals surface area contributed by atoms with Crippen molar-refractivity contribution in [2.24, 2.45) is 0 Å². The smallest absolute Gasteiger partial charge is 0.262 e. The van der Waals surface area contributed by atoms with Crippen molar-refractivity contribution in [3.05, 3.63) is 78.8 Å². The number of amides is 1. The molecule has 0 aliphatic carbocycles. The van der Waals surface area contributed by atoms with E-state index in [0.29, 0.717) is 17.2 Å². The third-order valence-electron chi connectivity index (χ3n) is 4.79. The van der Waals surface area contributed by atoms with E-state index in [1.165, 1.54) is 5.56 Å². The maximum absolute atomic E-state index is 12.2. The summed E-state index contributed by atoms with van der Waals surface area (Å²) in [5.74, 6) is 1.12. The van der Waals surface area contributed by atoms with Crippen molar-refractivity contribution in [2.45, 2.75) is 26.2 Å². The number of rotatable bonds is 5. The van der Waals surface area contributed by atoms with Crippen LogP contribution in [0.15, 0.2) is 73.2 Å². The zero-order valence-electron chi connectivity index (χ0n) is 17.3. The summed E-state index contributed by atoms with van der Waals surface area (Å²) in [5.41, 5.74) is 3.79. The van der Waals surface area contributed by atoms with Crippen molar-refractivity contribution in [3.8, 4) is 17.0 Å². The summed E-state index contributed by atoms with van der Waals surface area (Å²) in [6.07, 6.45) is 5.55. The molecule has 2 heterocycles. The van der Waals surface area contributed by atoms with Crippen LogP contribution < -0.4 is 10.1 Å². The number of anilines is 1. The lowest BCUT2D eigenvalue weighted by Crippen LogP contribution is -2.20. The molecular weight excluding hydrogens is 376 g/mol.